The Bertz CT molecular complexity index is 1850. The molecule has 1 aliphatic carbocycles. The second-order valence-electron chi connectivity index (χ2n) is 9.91. The predicted octanol–water partition coefficient (Wildman–Crippen LogP) is -1.31. The van der Waals surface area contributed by atoms with Crippen molar-refractivity contribution in [2.24, 2.45) is 0 Å². The molecule has 17 nitrogen and oxygen atoms in total. The molecule has 0 spiro atoms. The number of halogens is 1. The Morgan fingerprint density at radius 1 is 1.24 bits per heavy atom. The molecule has 20 heteroatoms. The average molecular weight is 612 g/mol. The number of nitrogens with one attached hydrogen (secondary N) is 2. The first kappa shape index (κ1) is 26.7. The van der Waals surface area contributed by atoms with Gasteiger partial charge in [0.05, 0.1) is 30.8 Å². The molecular formula is C21H22FN8O9PS. The molecule has 9 atom stereocenters. The second kappa shape index (κ2) is 9.18. The van der Waals surface area contributed by atoms with Crippen molar-refractivity contribution in [3.05, 3.63) is 45.6 Å². The summed E-state index contributed by atoms with van der Waals surface area (Å²) in [6.07, 6.45) is -4.50. The fourth-order valence-electron chi connectivity index (χ4n) is 5.34. The van der Waals surface area contributed by atoms with Crippen LogP contribution >= 0.6 is 6.72 Å². The maximum absolute atomic E-state index is 15.7. The third kappa shape index (κ3) is 4.16. The first-order valence-corrected chi connectivity index (χ1v) is 14.9. The lowest BCUT2D eigenvalue weighted by Crippen LogP contribution is -2.36. The molecule has 2 unspecified atom stereocenters. The van der Waals surface area contributed by atoms with E-state index in [0.717, 1.165) is 6.33 Å². The average Bonchev–Trinajstić information content (AvgIpc) is 3.49. The van der Waals surface area contributed by atoms with Crippen LogP contribution in [0.4, 0.5) is 10.3 Å². The summed E-state index contributed by atoms with van der Waals surface area (Å²) in [6.45, 7) is -4.67. The lowest BCUT2D eigenvalue weighted by molar-refractivity contribution is -0.0793. The minimum absolute atomic E-state index is 0.0427. The van der Waals surface area contributed by atoms with Gasteiger partial charge in [0, 0.05) is 12.6 Å². The van der Waals surface area contributed by atoms with Crippen LogP contribution in [0.5, 0.6) is 0 Å². The number of aromatic amines is 2. The summed E-state index contributed by atoms with van der Waals surface area (Å²) in [4.78, 5) is 52.0. The zero-order valence-electron chi connectivity index (χ0n) is 20.6. The van der Waals surface area contributed by atoms with Crippen molar-refractivity contribution in [1.82, 2.24) is 34.1 Å². The molecule has 3 aliphatic rings. The number of nitrogens with two attached hydrogens (primary N) is 1. The lowest BCUT2D eigenvalue weighted by atomic mass is 10.2. The highest BCUT2D eigenvalue weighted by Crippen LogP contribution is 2.62. The quantitative estimate of drug-likeness (QED) is 0.133. The van der Waals surface area contributed by atoms with E-state index in [9.17, 15) is 24.7 Å². The molecule has 2 aliphatic heterocycles. The van der Waals surface area contributed by atoms with Crippen LogP contribution in [-0.4, -0.2) is 92.0 Å². The van der Waals surface area contributed by atoms with Gasteiger partial charge in [-0.25, -0.2) is 14.4 Å². The van der Waals surface area contributed by atoms with Gasteiger partial charge in [-0.1, -0.05) is 0 Å². The van der Waals surface area contributed by atoms with Crippen LogP contribution in [0.3, 0.4) is 0 Å². The molecule has 0 radical (unpaired) electrons. The zero-order chi connectivity index (χ0) is 28.8. The SMILES string of the molecule is Nc1nc2c(ncn2[C@@H]2O[C@@H]3C(O)[C@]3(F)[C@H]2OP(O)(=S)OC[C@H]2O[C@@H](n3ccc4c(=O)[nH]cnc43)C[C@@H]2O)c(=O)[nH]1. The molecule has 1 saturated carbocycles. The van der Waals surface area contributed by atoms with Gasteiger partial charge in [0.15, 0.2) is 29.2 Å². The molecule has 2 saturated heterocycles. The van der Waals surface area contributed by atoms with Crippen molar-refractivity contribution >= 4 is 46.7 Å². The Morgan fingerprint density at radius 2 is 2.05 bits per heavy atom. The summed E-state index contributed by atoms with van der Waals surface area (Å²) in [6, 6.07) is 1.57. The zero-order valence-corrected chi connectivity index (χ0v) is 22.3. The third-order valence-corrected chi connectivity index (χ3v) is 8.99. The topological polar surface area (TPSA) is 238 Å². The van der Waals surface area contributed by atoms with E-state index in [1.54, 1.807) is 16.8 Å². The Morgan fingerprint density at radius 3 is 2.85 bits per heavy atom. The van der Waals surface area contributed by atoms with E-state index in [0.29, 0.717) is 11.0 Å². The number of aliphatic hydroxyl groups is 2. The van der Waals surface area contributed by atoms with Gasteiger partial charge < -0.3 is 44.4 Å². The van der Waals surface area contributed by atoms with Crippen molar-refractivity contribution in [1.29, 1.82) is 0 Å². The molecule has 3 fully saturated rings. The third-order valence-electron chi connectivity index (χ3n) is 7.45. The van der Waals surface area contributed by atoms with Gasteiger partial charge >= 0.3 is 6.72 Å². The number of aliphatic hydroxyl groups excluding tert-OH is 2. The Balaban J connectivity index is 1.08. The Hall–Kier alpha value is -3.13. The molecule has 0 amide bonds. The number of anilines is 1. The van der Waals surface area contributed by atoms with Gasteiger partial charge in [0.1, 0.15) is 30.2 Å². The number of ether oxygens (including phenoxy) is 2. The van der Waals surface area contributed by atoms with E-state index in [2.05, 4.69) is 24.9 Å². The van der Waals surface area contributed by atoms with Gasteiger partial charge in [0.25, 0.3) is 11.1 Å². The molecule has 0 bridgehead atoms. The first-order valence-electron chi connectivity index (χ1n) is 12.3. The molecule has 7 rings (SSSR count). The van der Waals surface area contributed by atoms with Crippen molar-refractivity contribution < 1.29 is 38.0 Å². The van der Waals surface area contributed by atoms with Crippen LogP contribution in [0.1, 0.15) is 18.9 Å². The van der Waals surface area contributed by atoms with Crippen LogP contribution in [0.15, 0.2) is 34.5 Å². The Labute approximate surface area is 231 Å². The molecular weight excluding hydrogens is 590 g/mol. The summed E-state index contributed by atoms with van der Waals surface area (Å²) in [5.41, 5.74) is 2.43. The van der Waals surface area contributed by atoms with Crippen molar-refractivity contribution in [2.45, 2.75) is 55.1 Å². The maximum Gasteiger partial charge on any atom is 0.325 e. The Kier molecular flexibility index (Phi) is 5.99. The van der Waals surface area contributed by atoms with E-state index in [-0.39, 0.29) is 29.1 Å². The fourth-order valence-corrected chi connectivity index (χ4v) is 6.75. The number of nitrogen functional groups attached to an aromatic ring is 1. The molecule has 218 valence electrons. The van der Waals surface area contributed by atoms with E-state index in [1.165, 1.54) is 10.9 Å². The van der Waals surface area contributed by atoms with E-state index in [4.69, 9.17) is 36.1 Å². The van der Waals surface area contributed by atoms with Crippen molar-refractivity contribution in [2.75, 3.05) is 12.3 Å². The second-order valence-corrected chi connectivity index (χ2v) is 12.7. The van der Waals surface area contributed by atoms with Crippen LogP contribution < -0.4 is 16.9 Å². The summed E-state index contributed by atoms with van der Waals surface area (Å²) < 4.78 is 41.0. The smallest absolute Gasteiger partial charge is 0.325 e. The highest BCUT2D eigenvalue weighted by atomic mass is 32.5. The number of rotatable bonds is 7. The van der Waals surface area contributed by atoms with E-state index in [1.807, 2.05) is 0 Å². The number of imidazole rings is 1. The summed E-state index contributed by atoms with van der Waals surface area (Å²) in [5.74, 6) is -0.223. The number of hydrogen-bond donors (Lipinski definition) is 6. The number of fused-ring (bicyclic) bond motifs is 3. The molecule has 7 N–H and O–H groups in total. The number of H-pyrrole nitrogens is 2. The van der Waals surface area contributed by atoms with Gasteiger partial charge in [0.2, 0.25) is 5.95 Å². The summed E-state index contributed by atoms with van der Waals surface area (Å²) in [7, 11) is 0. The molecule has 6 heterocycles. The highest BCUT2D eigenvalue weighted by Gasteiger charge is 2.80. The minimum atomic E-state index is -4.24. The number of aromatic nitrogens is 7. The van der Waals surface area contributed by atoms with Crippen LogP contribution in [-0.2, 0) is 30.3 Å². The van der Waals surface area contributed by atoms with Crippen molar-refractivity contribution in [3.63, 3.8) is 0 Å². The van der Waals surface area contributed by atoms with Gasteiger partial charge in [-0.3, -0.25) is 23.7 Å². The lowest BCUT2D eigenvalue weighted by Gasteiger charge is -2.29. The van der Waals surface area contributed by atoms with Crippen molar-refractivity contribution in [3.8, 4) is 0 Å². The normalized spacial score (nSPS) is 34.3. The molecule has 41 heavy (non-hydrogen) atoms. The number of nitrogens with zero attached hydrogens (tertiary/aromatic N) is 5. The number of alkyl halides is 1. The summed E-state index contributed by atoms with van der Waals surface area (Å²) in [5, 5.41) is 21.0. The monoisotopic (exact) mass is 612 g/mol. The van der Waals surface area contributed by atoms with Crippen LogP contribution in [0.2, 0.25) is 0 Å². The standard InChI is InChI=1S/C21H22FN8O9PS/c22-21-12(32)13(21)38-19(30-6-26-11-16(30)27-20(23)28-18(11)34)14(21)39-40(35,41)36-4-9-8(31)3-10(37-9)29-2-1-7-15(29)24-5-25-17(7)33/h1-2,5-6,8-10,12-14,19,31-32H,3-4H2,(H,35,41)(H,24,25,33)(H3,23,27,28,34)/t8-,9+,10+,12?,13+,14-,19+,21+,40?/m0/s1. The van der Waals surface area contributed by atoms with Gasteiger partial charge in [-0.15, -0.1) is 0 Å². The van der Waals surface area contributed by atoms with E-state index < -0.39 is 67.5 Å². The van der Waals surface area contributed by atoms with Crippen LogP contribution in [0.25, 0.3) is 22.2 Å². The highest BCUT2D eigenvalue weighted by molar-refractivity contribution is 8.07. The molecule has 4 aromatic rings. The van der Waals surface area contributed by atoms with Gasteiger partial charge in [-0.05, 0) is 17.9 Å². The first-order chi connectivity index (χ1) is 19.5. The summed E-state index contributed by atoms with van der Waals surface area (Å²) >= 11 is 5.13. The number of hydrogen-bond acceptors (Lipinski definition) is 13. The van der Waals surface area contributed by atoms with Crippen LogP contribution in [0, 0.1) is 0 Å². The maximum atomic E-state index is 15.7. The van der Waals surface area contributed by atoms with Gasteiger partial charge in [-0.2, -0.15) is 4.98 Å². The molecule has 4 aromatic heterocycles. The largest absolute Gasteiger partial charge is 0.390 e. The molecule has 0 aromatic carbocycles. The minimum Gasteiger partial charge on any atom is -0.390 e. The van der Waals surface area contributed by atoms with E-state index >= 15 is 4.39 Å². The predicted molar refractivity (Wildman–Crippen MR) is 139 cm³/mol. The fraction of sp³-hybridized carbons (Fsp3) is 0.476.